The number of fused-ring (bicyclic) bond motifs is 1. The Morgan fingerprint density at radius 2 is 1.82 bits per heavy atom. The quantitative estimate of drug-likeness (QED) is 0.446. The maximum Gasteiger partial charge on any atom is 0.243 e. The molecule has 1 aliphatic heterocycles. The molecule has 0 unspecified atom stereocenters. The molecule has 9 heteroatoms. The number of aromatic nitrogens is 1. The van der Waals surface area contributed by atoms with E-state index in [1.54, 1.807) is 24.3 Å². The number of nitrogens with one attached hydrogen (secondary N) is 1. The van der Waals surface area contributed by atoms with Gasteiger partial charge in [-0.05, 0) is 80.8 Å². The molecule has 180 valence electrons. The summed E-state index contributed by atoms with van der Waals surface area (Å²) in [6, 6.07) is 14.2. The maximum atomic E-state index is 12.8. The number of carbonyl (C=O) groups is 1. The van der Waals surface area contributed by atoms with Crippen LogP contribution in [-0.2, 0) is 14.8 Å². The highest BCUT2D eigenvalue weighted by molar-refractivity contribution is 8.00. The molecule has 0 aliphatic carbocycles. The fourth-order valence-corrected chi connectivity index (χ4v) is 6.25. The third-order valence-electron chi connectivity index (χ3n) is 5.67. The largest absolute Gasteiger partial charge is 0.494 e. The summed E-state index contributed by atoms with van der Waals surface area (Å²) in [5.41, 5.74) is 2.41. The minimum Gasteiger partial charge on any atom is -0.494 e. The highest BCUT2D eigenvalue weighted by Gasteiger charge is 2.25. The minimum atomic E-state index is -3.48. The molecule has 34 heavy (non-hydrogen) atoms. The third-order valence-corrected chi connectivity index (χ3v) is 8.68. The average Bonchev–Trinajstić information content (AvgIpc) is 2.84. The summed E-state index contributed by atoms with van der Waals surface area (Å²) in [7, 11) is -3.48. The maximum absolute atomic E-state index is 12.8. The van der Waals surface area contributed by atoms with Crippen LogP contribution in [0.25, 0.3) is 10.9 Å². The molecule has 1 amide bonds. The van der Waals surface area contributed by atoms with Gasteiger partial charge in [0.1, 0.15) is 10.8 Å². The van der Waals surface area contributed by atoms with Crippen LogP contribution in [0.5, 0.6) is 5.75 Å². The van der Waals surface area contributed by atoms with E-state index in [2.05, 4.69) is 5.32 Å². The number of rotatable bonds is 8. The van der Waals surface area contributed by atoms with E-state index in [-0.39, 0.29) is 16.6 Å². The van der Waals surface area contributed by atoms with E-state index < -0.39 is 10.0 Å². The molecule has 0 radical (unpaired) electrons. The van der Waals surface area contributed by atoms with E-state index in [0.29, 0.717) is 25.4 Å². The Hall–Kier alpha value is -2.62. The normalized spacial score (nSPS) is 14.8. The van der Waals surface area contributed by atoms with Crippen molar-refractivity contribution in [1.29, 1.82) is 0 Å². The Bertz CT molecular complexity index is 1270. The summed E-state index contributed by atoms with van der Waals surface area (Å²) >= 11 is 1.37. The first-order valence-corrected chi connectivity index (χ1v) is 13.9. The number of ether oxygens (including phenoxy) is 1. The molecule has 0 spiro atoms. The number of hydrogen-bond donors (Lipinski definition) is 1. The van der Waals surface area contributed by atoms with E-state index in [9.17, 15) is 13.2 Å². The van der Waals surface area contributed by atoms with Crippen LogP contribution in [0.15, 0.2) is 58.5 Å². The first-order valence-electron chi connectivity index (χ1n) is 11.4. The topological polar surface area (TPSA) is 88.6 Å². The van der Waals surface area contributed by atoms with Gasteiger partial charge in [0, 0.05) is 24.2 Å². The van der Waals surface area contributed by atoms with Crippen molar-refractivity contribution in [3.63, 3.8) is 0 Å². The fraction of sp³-hybridized carbons (Fsp3) is 0.360. The van der Waals surface area contributed by atoms with Crippen LogP contribution in [0.4, 0.5) is 5.69 Å². The summed E-state index contributed by atoms with van der Waals surface area (Å²) in [6.45, 7) is 5.66. The second-order valence-electron chi connectivity index (χ2n) is 8.22. The minimum absolute atomic E-state index is 0.176. The van der Waals surface area contributed by atoms with Crippen LogP contribution < -0.4 is 10.1 Å². The van der Waals surface area contributed by atoms with Crippen molar-refractivity contribution < 1.29 is 17.9 Å². The van der Waals surface area contributed by atoms with Crippen molar-refractivity contribution in [2.75, 3.05) is 30.8 Å². The number of hydrogen-bond acceptors (Lipinski definition) is 6. The molecule has 1 N–H and O–H groups in total. The van der Waals surface area contributed by atoms with Gasteiger partial charge in [0.05, 0.1) is 22.8 Å². The molecule has 0 saturated carbocycles. The summed E-state index contributed by atoms with van der Waals surface area (Å²) in [6.07, 6.45) is 2.86. The monoisotopic (exact) mass is 499 g/mol. The second kappa shape index (κ2) is 10.8. The van der Waals surface area contributed by atoms with Crippen molar-refractivity contribution in [2.24, 2.45) is 0 Å². The molecule has 0 atom stereocenters. The van der Waals surface area contributed by atoms with Gasteiger partial charge in [0.25, 0.3) is 0 Å². The summed E-state index contributed by atoms with van der Waals surface area (Å²) in [5, 5.41) is 4.63. The molecule has 4 rings (SSSR count). The van der Waals surface area contributed by atoms with E-state index in [1.807, 2.05) is 38.1 Å². The molecule has 1 aromatic heterocycles. The zero-order valence-electron chi connectivity index (χ0n) is 19.4. The predicted molar refractivity (Wildman–Crippen MR) is 136 cm³/mol. The van der Waals surface area contributed by atoms with Crippen molar-refractivity contribution >= 4 is 44.3 Å². The summed E-state index contributed by atoms with van der Waals surface area (Å²) in [4.78, 5) is 17.5. The zero-order valence-corrected chi connectivity index (χ0v) is 21.0. The molecule has 1 aliphatic rings. The Morgan fingerprint density at radius 1 is 1.09 bits per heavy atom. The lowest BCUT2D eigenvalue weighted by molar-refractivity contribution is -0.113. The SMILES string of the molecule is CCOc1ccc2nc(SCC(=O)Nc3ccc(S(=O)(=O)N4CCCCC4)cc3)c(C)cc2c1. The van der Waals surface area contributed by atoms with E-state index in [1.165, 1.54) is 16.1 Å². The number of aryl methyl sites for hydroxylation is 1. The lowest BCUT2D eigenvalue weighted by Crippen LogP contribution is -2.35. The van der Waals surface area contributed by atoms with Gasteiger partial charge in [-0.15, -0.1) is 0 Å². The summed E-state index contributed by atoms with van der Waals surface area (Å²) in [5.74, 6) is 0.833. The standard InChI is InChI=1S/C25H29N3O4S2/c1-3-32-21-9-12-23-19(16-21)15-18(2)25(27-23)33-17-24(29)26-20-7-10-22(11-8-20)34(30,31)28-13-5-4-6-14-28/h7-12,15-16H,3-6,13-14,17H2,1-2H3,(H,26,29). The number of amides is 1. The van der Waals surface area contributed by atoms with E-state index in [4.69, 9.17) is 9.72 Å². The van der Waals surface area contributed by atoms with Gasteiger partial charge in [-0.25, -0.2) is 13.4 Å². The number of anilines is 1. The van der Waals surface area contributed by atoms with Crippen molar-refractivity contribution in [3.05, 3.63) is 54.1 Å². The molecule has 2 heterocycles. The van der Waals surface area contributed by atoms with Crippen LogP contribution in [0, 0.1) is 6.92 Å². The van der Waals surface area contributed by atoms with Gasteiger partial charge in [0.2, 0.25) is 15.9 Å². The molecule has 1 saturated heterocycles. The molecule has 0 bridgehead atoms. The number of nitrogens with zero attached hydrogens (tertiary/aromatic N) is 2. The highest BCUT2D eigenvalue weighted by Crippen LogP contribution is 2.27. The predicted octanol–water partition coefficient (Wildman–Crippen LogP) is 4.85. The Kier molecular flexibility index (Phi) is 7.75. The zero-order chi connectivity index (χ0) is 24.1. The third kappa shape index (κ3) is 5.71. The molecule has 3 aromatic rings. The smallest absolute Gasteiger partial charge is 0.243 e. The lowest BCUT2D eigenvalue weighted by Gasteiger charge is -2.25. The molecular weight excluding hydrogens is 470 g/mol. The van der Waals surface area contributed by atoms with Crippen molar-refractivity contribution in [1.82, 2.24) is 9.29 Å². The van der Waals surface area contributed by atoms with E-state index in [0.717, 1.165) is 46.5 Å². The molecule has 7 nitrogen and oxygen atoms in total. The molecular formula is C25H29N3O4S2. The lowest BCUT2D eigenvalue weighted by atomic mass is 10.1. The second-order valence-corrected chi connectivity index (χ2v) is 11.1. The number of sulfonamides is 1. The summed E-state index contributed by atoms with van der Waals surface area (Å²) < 4.78 is 32.6. The van der Waals surface area contributed by atoms with Gasteiger partial charge in [0.15, 0.2) is 0 Å². The Balaban J connectivity index is 1.37. The van der Waals surface area contributed by atoms with Crippen LogP contribution in [-0.4, -0.2) is 49.1 Å². The van der Waals surface area contributed by atoms with Crippen LogP contribution in [0.3, 0.4) is 0 Å². The van der Waals surface area contributed by atoms with Gasteiger partial charge in [-0.2, -0.15) is 4.31 Å². The van der Waals surface area contributed by atoms with Gasteiger partial charge in [-0.3, -0.25) is 4.79 Å². The Labute approximate surface area is 205 Å². The highest BCUT2D eigenvalue weighted by atomic mass is 32.2. The van der Waals surface area contributed by atoms with Gasteiger partial charge < -0.3 is 10.1 Å². The number of carbonyl (C=O) groups excluding carboxylic acids is 1. The fourth-order valence-electron chi connectivity index (χ4n) is 3.94. The molecule has 2 aromatic carbocycles. The first kappa shape index (κ1) is 24.5. The van der Waals surface area contributed by atoms with Crippen LogP contribution in [0.2, 0.25) is 0 Å². The number of pyridine rings is 1. The van der Waals surface area contributed by atoms with Crippen LogP contribution in [0.1, 0.15) is 31.7 Å². The van der Waals surface area contributed by atoms with Crippen molar-refractivity contribution in [3.8, 4) is 5.75 Å². The van der Waals surface area contributed by atoms with E-state index >= 15 is 0 Å². The Morgan fingerprint density at radius 3 is 2.53 bits per heavy atom. The van der Waals surface area contributed by atoms with Gasteiger partial charge in [-0.1, -0.05) is 18.2 Å². The number of piperidine rings is 1. The van der Waals surface area contributed by atoms with Crippen LogP contribution >= 0.6 is 11.8 Å². The molecule has 1 fully saturated rings. The average molecular weight is 500 g/mol. The number of benzene rings is 2. The van der Waals surface area contributed by atoms with Gasteiger partial charge >= 0.3 is 0 Å². The first-order chi connectivity index (χ1) is 16.4. The number of thioether (sulfide) groups is 1. The van der Waals surface area contributed by atoms with Crippen molar-refractivity contribution in [2.45, 2.75) is 43.0 Å².